The van der Waals surface area contributed by atoms with Crippen molar-refractivity contribution in [3.05, 3.63) is 47.1 Å². The molecule has 2 heteroatoms. The van der Waals surface area contributed by atoms with E-state index in [2.05, 4.69) is 63.4 Å². The van der Waals surface area contributed by atoms with E-state index in [-0.39, 0.29) is 6.61 Å². The van der Waals surface area contributed by atoms with Gasteiger partial charge in [-0.25, -0.2) is 0 Å². The number of rotatable bonds is 3. The monoisotopic (exact) mass is 343 g/mol. The molecule has 0 fully saturated rings. The van der Waals surface area contributed by atoms with Gasteiger partial charge in [-0.05, 0) is 69.9 Å². The SMILES string of the molecule is CC1=C/C(C)CCN[C@@H](CCO)[C@H](C2=CCCCC=C2)C(C)/C=C\1C. The van der Waals surface area contributed by atoms with Gasteiger partial charge in [0.05, 0.1) is 0 Å². The van der Waals surface area contributed by atoms with Crippen LogP contribution >= 0.6 is 0 Å². The zero-order chi connectivity index (χ0) is 18.2. The zero-order valence-corrected chi connectivity index (χ0v) is 16.6. The van der Waals surface area contributed by atoms with Crippen LogP contribution in [-0.2, 0) is 0 Å². The predicted molar refractivity (Wildman–Crippen MR) is 109 cm³/mol. The molecule has 0 bridgehead atoms. The van der Waals surface area contributed by atoms with Gasteiger partial charge in [0.25, 0.3) is 0 Å². The number of aliphatic hydroxyl groups excluding tert-OH is 1. The molecule has 0 saturated carbocycles. The summed E-state index contributed by atoms with van der Waals surface area (Å²) in [4.78, 5) is 0. The topological polar surface area (TPSA) is 32.3 Å². The van der Waals surface area contributed by atoms with E-state index in [0.29, 0.717) is 23.8 Å². The first-order chi connectivity index (χ1) is 12.0. The molecule has 2 N–H and O–H groups in total. The first kappa shape index (κ1) is 20.2. The molecule has 2 aliphatic rings. The van der Waals surface area contributed by atoms with E-state index in [4.69, 9.17) is 0 Å². The van der Waals surface area contributed by atoms with Gasteiger partial charge in [0, 0.05) is 18.6 Å². The van der Waals surface area contributed by atoms with Crippen molar-refractivity contribution >= 4 is 0 Å². The van der Waals surface area contributed by atoms with E-state index >= 15 is 0 Å². The fraction of sp³-hybridized carbons (Fsp3) is 0.652. The highest BCUT2D eigenvalue weighted by molar-refractivity contribution is 5.32. The summed E-state index contributed by atoms with van der Waals surface area (Å²) in [6.45, 7) is 10.4. The molecular formula is C23H37NO. The molecule has 1 aliphatic heterocycles. The van der Waals surface area contributed by atoms with Crippen molar-refractivity contribution in [2.45, 2.75) is 65.8 Å². The third-order valence-corrected chi connectivity index (χ3v) is 5.77. The third-order valence-electron chi connectivity index (χ3n) is 5.77. The molecule has 2 unspecified atom stereocenters. The molecule has 0 saturated heterocycles. The molecule has 2 nitrogen and oxygen atoms in total. The first-order valence-electron chi connectivity index (χ1n) is 10.1. The maximum Gasteiger partial charge on any atom is 0.0446 e. The van der Waals surface area contributed by atoms with Crippen LogP contribution < -0.4 is 5.32 Å². The Morgan fingerprint density at radius 1 is 1.12 bits per heavy atom. The molecule has 0 aromatic rings. The van der Waals surface area contributed by atoms with Crippen LogP contribution in [0.2, 0.25) is 0 Å². The quantitative estimate of drug-likeness (QED) is 0.740. The van der Waals surface area contributed by atoms with Gasteiger partial charge in [-0.15, -0.1) is 0 Å². The van der Waals surface area contributed by atoms with E-state index in [9.17, 15) is 5.11 Å². The minimum atomic E-state index is 0.243. The van der Waals surface area contributed by atoms with Gasteiger partial charge >= 0.3 is 0 Å². The third kappa shape index (κ3) is 5.97. The second kappa shape index (κ2) is 10.1. The highest BCUT2D eigenvalue weighted by atomic mass is 16.3. The molecule has 25 heavy (non-hydrogen) atoms. The van der Waals surface area contributed by atoms with Crippen LogP contribution in [0.4, 0.5) is 0 Å². The molecular weight excluding hydrogens is 306 g/mol. The Morgan fingerprint density at radius 3 is 2.64 bits per heavy atom. The summed E-state index contributed by atoms with van der Waals surface area (Å²) < 4.78 is 0. The zero-order valence-electron chi connectivity index (χ0n) is 16.6. The highest BCUT2D eigenvalue weighted by Crippen LogP contribution is 2.32. The molecule has 4 atom stereocenters. The number of hydrogen-bond donors (Lipinski definition) is 2. The summed E-state index contributed by atoms with van der Waals surface area (Å²) in [6.07, 6.45) is 17.5. The van der Waals surface area contributed by atoms with Crippen molar-refractivity contribution in [1.82, 2.24) is 5.32 Å². The number of allylic oxidation sites excluding steroid dienone is 7. The van der Waals surface area contributed by atoms with E-state index in [1.807, 2.05) is 0 Å². The lowest BCUT2D eigenvalue weighted by Crippen LogP contribution is -2.41. The largest absolute Gasteiger partial charge is 0.396 e. The van der Waals surface area contributed by atoms with Crippen LogP contribution in [-0.4, -0.2) is 24.3 Å². The number of hydrogen-bond acceptors (Lipinski definition) is 2. The number of aliphatic hydroxyl groups is 1. The Bertz CT molecular complexity index is 540. The average molecular weight is 344 g/mol. The first-order valence-corrected chi connectivity index (χ1v) is 10.1. The Morgan fingerprint density at radius 2 is 1.88 bits per heavy atom. The summed E-state index contributed by atoms with van der Waals surface area (Å²) in [7, 11) is 0. The molecule has 1 heterocycles. The lowest BCUT2D eigenvalue weighted by Gasteiger charge is -2.33. The van der Waals surface area contributed by atoms with E-state index in [1.54, 1.807) is 0 Å². The molecule has 0 radical (unpaired) electrons. The summed E-state index contributed by atoms with van der Waals surface area (Å²) in [6, 6.07) is 0.323. The fourth-order valence-electron chi connectivity index (χ4n) is 4.26. The second-order valence-corrected chi connectivity index (χ2v) is 7.96. The van der Waals surface area contributed by atoms with Gasteiger partial charge in [0.15, 0.2) is 0 Å². The highest BCUT2D eigenvalue weighted by Gasteiger charge is 2.28. The van der Waals surface area contributed by atoms with Crippen molar-refractivity contribution in [2.75, 3.05) is 13.2 Å². The van der Waals surface area contributed by atoms with Crippen molar-refractivity contribution in [2.24, 2.45) is 17.8 Å². The number of nitrogens with one attached hydrogen (secondary N) is 1. The van der Waals surface area contributed by atoms with Crippen molar-refractivity contribution in [1.29, 1.82) is 0 Å². The second-order valence-electron chi connectivity index (χ2n) is 7.96. The van der Waals surface area contributed by atoms with Crippen LogP contribution in [0.15, 0.2) is 47.1 Å². The van der Waals surface area contributed by atoms with Crippen LogP contribution in [0.1, 0.15) is 59.8 Å². The Hall–Kier alpha value is -1.12. The normalized spacial score (nSPS) is 36.3. The van der Waals surface area contributed by atoms with Gasteiger partial charge in [-0.1, -0.05) is 55.4 Å². The Labute approximate surface area is 154 Å². The Kier molecular flexibility index (Phi) is 8.18. The van der Waals surface area contributed by atoms with Gasteiger partial charge < -0.3 is 10.4 Å². The van der Waals surface area contributed by atoms with Crippen LogP contribution in [0.5, 0.6) is 0 Å². The van der Waals surface area contributed by atoms with E-state index in [0.717, 1.165) is 25.8 Å². The van der Waals surface area contributed by atoms with Crippen molar-refractivity contribution < 1.29 is 5.11 Å². The Balaban J connectivity index is 2.39. The predicted octanol–water partition coefficient (Wildman–Crippen LogP) is 5.18. The van der Waals surface area contributed by atoms with Gasteiger partial charge in [0.1, 0.15) is 0 Å². The van der Waals surface area contributed by atoms with Crippen molar-refractivity contribution in [3.8, 4) is 0 Å². The van der Waals surface area contributed by atoms with E-state index < -0.39 is 0 Å². The summed E-state index contributed by atoms with van der Waals surface area (Å²) in [5, 5.41) is 13.4. The molecule has 140 valence electrons. The van der Waals surface area contributed by atoms with Gasteiger partial charge in [-0.2, -0.15) is 0 Å². The summed E-state index contributed by atoms with van der Waals surface area (Å²) >= 11 is 0. The average Bonchev–Trinajstić information content (AvgIpc) is 2.83. The smallest absolute Gasteiger partial charge is 0.0446 e. The lowest BCUT2D eigenvalue weighted by atomic mass is 9.78. The van der Waals surface area contributed by atoms with E-state index in [1.165, 1.54) is 29.6 Å². The van der Waals surface area contributed by atoms with Gasteiger partial charge in [-0.3, -0.25) is 0 Å². The molecule has 1 aliphatic carbocycles. The van der Waals surface area contributed by atoms with Crippen LogP contribution in [0, 0.1) is 17.8 Å². The minimum Gasteiger partial charge on any atom is -0.396 e. The van der Waals surface area contributed by atoms with Crippen LogP contribution in [0.3, 0.4) is 0 Å². The standard InChI is InChI=1S/C23H37NO/c1-17-11-13-24-22(12-14-25)23(21-9-7-5-6-8-10-21)20(4)16-19(3)18(2)15-17/h7,9-10,15-17,20,22-25H,5-6,8,11-14H2,1-4H3/b18-15-,19-16-/t17?,20?,22-,23-/m0/s1. The molecule has 0 aromatic heterocycles. The minimum absolute atomic E-state index is 0.243. The summed E-state index contributed by atoms with van der Waals surface area (Å²) in [5.41, 5.74) is 4.25. The van der Waals surface area contributed by atoms with Crippen LogP contribution in [0.25, 0.3) is 0 Å². The fourth-order valence-corrected chi connectivity index (χ4v) is 4.26. The van der Waals surface area contributed by atoms with Gasteiger partial charge in [0.2, 0.25) is 0 Å². The maximum absolute atomic E-state index is 9.66. The van der Waals surface area contributed by atoms with Crippen molar-refractivity contribution in [3.63, 3.8) is 0 Å². The lowest BCUT2D eigenvalue weighted by molar-refractivity contribution is 0.231. The summed E-state index contributed by atoms with van der Waals surface area (Å²) in [5.74, 6) is 1.43. The molecule has 0 amide bonds. The maximum atomic E-state index is 9.66. The molecule has 0 aromatic carbocycles. The molecule has 2 rings (SSSR count). The molecule has 0 spiro atoms.